The number of amides is 3. The van der Waals surface area contributed by atoms with Crippen molar-refractivity contribution in [2.75, 3.05) is 24.5 Å². The van der Waals surface area contributed by atoms with Crippen molar-refractivity contribution in [2.45, 2.75) is 38.3 Å². The number of carbonyl (C=O) groups excluding carboxylic acids is 2. The van der Waals surface area contributed by atoms with Crippen LogP contribution in [0.25, 0.3) is 0 Å². The molecule has 4 rings (SSSR count). The van der Waals surface area contributed by atoms with E-state index in [4.69, 9.17) is 4.74 Å². The molecule has 1 saturated carbocycles. The molecule has 2 heterocycles. The summed E-state index contributed by atoms with van der Waals surface area (Å²) in [6.07, 6.45) is 2.76. The van der Waals surface area contributed by atoms with Crippen LogP contribution < -0.4 is 15.0 Å². The normalized spacial score (nSPS) is 25.6. The number of hydrogen-bond acceptors (Lipinski definition) is 3. The minimum atomic E-state index is -0.436. The summed E-state index contributed by atoms with van der Waals surface area (Å²) in [6.45, 7) is 3.59. The van der Waals surface area contributed by atoms with Gasteiger partial charge in [-0.1, -0.05) is 12.1 Å². The molecule has 0 radical (unpaired) electrons. The van der Waals surface area contributed by atoms with E-state index >= 15 is 0 Å². The Kier molecular flexibility index (Phi) is 3.82. The Morgan fingerprint density at radius 3 is 2.88 bits per heavy atom. The summed E-state index contributed by atoms with van der Waals surface area (Å²) in [7, 11) is 0. The van der Waals surface area contributed by atoms with Crippen molar-refractivity contribution in [3.05, 3.63) is 24.3 Å². The van der Waals surface area contributed by atoms with Crippen LogP contribution in [0.15, 0.2) is 24.3 Å². The molecule has 0 spiro atoms. The smallest absolute Gasteiger partial charge is 0.318 e. The van der Waals surface area contributed by atoms with Gasteiger partial charge in [-0.3, -0.25) is 4.79 Å². The molecule has 2 unspecified atom stereocenters. The number of nitrogens with zero attached hydrogens (tertiary/aromatic N) is 2. The fourth-order valence-corrected chi connectivity index (χ4v) is 3.60. The largest absolute Gasteiger partial charge is 0.486 e. The predicted octanol–water partition coefficient (Wildman–Crippen LogP) is 1.99. The van der Waals surface area contributed by atoms with Crippen molar-refractivity contribution < 1.29 is 14.3 Å². The van der Waals surface area contributed by atoms with Gasteiger partial charge in [-0.2, -0.15) is 0 Å². The minimum absolute atomic E-state index is 0.0198. The van der Waals surface area contributed by atoms with E-state index < -0.39 is 6.04 Å². The van der Waals surface area contributed by atoms with Crippen LogP contribution in [0, 0.1) is 5.92 Å². The molecule has 128 valence electrons. The number of hydrogen-bond donors (Lipinski definition) is 1. The van der Waals surface area contributed by atoms with Crippen molar-refractivity contribution in [1.29, 1.82) is 0 Å². The van der Waals surface area contributed by atoms with Crippen LogP contribution in [-0.4, -0.2) is 48.6 Å². The molecule has 2 atom stereocenters. The number of benzene rings is 1. The van der Waals surface area contributed by atoms with Crippen LogP contribution in [0.1, 0.15) is 26.2 Å². The Labute approximate surface area is 141 Å². The summed E-state index contributed by atoms with van der Waals surface area (Å²) in [5, 5.41) is 2.81. The zero-order valence-corrected chi connectivity index (χ0v) is 13.9. The lowest BCUT2D eigenvalue weighted by molar-refractivity contribution is -0.122. The summed E-state index contributed by atoms with van der Waals surface area (Å²) < 4.78 is 6.15. The third kappa shape index (κ3) is 2.70. The second kappa shape index (κ2) is 6.00. The van der Waals surface area contributed by atoms with Crippen molar-refractivity contribution in [2.24, 2.45) is 5.92 Å². The van der Waals surface area contributed by atoms with E-state index in [0.717, 1.165) is 11.4 Å². The molecule has 6 heteroatoms. The number of ether oxygens (including phenoxy) is 1. The number of rotatable bonds is 3. The van der Waals surface area contributed by atoms with Crippen molar-refractivity contribution >= 4 is 17.6 Å². The highest BCUT2D eigenvalue weighted by atomic mass is 16.5. The molecule has 1 aromatic rings. The molecule has 1 saturated heterocycles. The molecule has 3 aliphatic rings. The van der Waals surface area contributed by atoms with E-state index in [0.29, 0.717) is 32.0 Å². The number of likely N-dealkylation sites (tertiary alicyclic amines) is 1. The van der Waals surface area contributed by atoms with Crippen molar-refractivity contribution in [1.82, 2.24) is 10.2 Å². The number of para-hydroxylation sites is 2. The van der Waals surface area contributed by atoms with Gasteiger partial charge in [0, 0.05) is 19.5 Å². The topological polar surface area (TPSA) is 61.9 Å². The predicted molar refractivity (Wildman–Crippen MR) is 90.1 cm³/mol. The first-order valence-electron chi connectivity index (χ1n) is 8.79. The van der Waals surface area contributed by atoms with Gasteiger partial charge in [-0.25, -0.2) is 4.79 Å². The fraction of sp³-hybridized carbons (Fsp3) is 0.556. The number of urea groups is 1. The van der Waals surface area contributed by atoms with Gasteiger partial charge in [0.2, 0.25) is 5.91 Å². The van der Waals surface area contributed by atoms with E-state index in [1.165, 1.54) is 12.8 Å². The number of anilines is 1. The molecule has 3 amide bonds. The highest BCUT2D eigenvalue weighted by Gasteiger charge is 2.45. The molecule has 2 fully saturated rings. The molecule has 1 N–H and O–H groups in total. The van der Waals surface area contributed by atoms with Crippen LogP contribution in [0.2, 0.25) is 0 Å². The second-order valence-electron chi connectivity index (χ2n) is 6.84. The first-order chi connectivity index (χ1) is 11.7. The van der Waals surface area contributed by atoms with Crippen molar-refractivity contribution in [3.63, 3.8) is 0 Å². The van der Waals surface area contributed by atoms with E-state index in [9.17, 15) is 9.59 Å². The fourth-order valence-electron chi connectivity index (χ4n) is 3.60. The Hall–Kier alpha value is -2.24. The lowest BCUT2D eigenvalue weighted by atomic mass is 10.1. The molecule has 1 aromatic carbocycles. The lowest BCUT2D eigenvalue weighted by Gasteiger charge is -2.31. The first kappa shape index (κ1) is 15.3. The average Bonchev–Trinajstić information content (AvgIpc) is 3.29. The SMILES string of the molecule is CCNC(=O)N1CC2CC1C(=O)N(CC1CC1)c1ccccc1O2. The third-order valence-corrected chi connectivity index (χ3v) is 4.99. The maximum Gasteiger partial charge on any atom is 0.318 e. The molecule has 6 nitrogen and oxygen atoms in total. The molecule has 1 aliphatic carbocycles. The summed E-state index contributed by atoms with van der Waals surface area (Å²) in [5.74, 6) is 1.33. The van der Waals surface area contributed by atoms with Gasteiger partial charge in [0.25, 0.3) is 0 Å². The monoisotopic (exact) mass is 329 g/mol. The van der Waals surface area contributed by atoms with Gasteiger partial charge in [0.15, 0.2) is 0 Å². The zero-order chi connectivity index (χ0) is 16.7. The van der Waals surface area contributed by atoms with Gasteiger partial charge in [0.05, 0.1) is 12.2 Å². The van der Waals surface area contributed by atoms with E-state index in [2.05, 4.69) is 5.32 Å². The Morgan fingerprint density at radius 1 is 1.33 bits per heavy atom. The van der Waals surface area contributed by atoms with Crippen LogP contribution in [-0.2, 0) is 4.79 Å². The van der Waals surface area contributed by atoms with E-state index in [1.807, 2.05) is 36.1 Å². The Bertz CT molecular complexity index is 659. The van der Waals surface area contributed by atoms with Gasteiger partial charge >= 0.3 is 6.03 Å². The maximum absolute atomic E-state index is 13.2. The van der Waals surface area contributed by atoms with Crippen LogP contribution >= 0.6 is 0 Å². The number of nitrogens with one attached hydrogen (secondary N) is 1. The highest BCUT2D eigenvalue weighted by molar-refractivity contribution is 6.01. The molecule has 2 bridgehead atoms. The van der Waals surface area contributed by atoms with Gasteiger partial charge < -0.3 is 19.9 Å². The third-order valence-electron chi connectivity index (χ3n) is 4.99. The van der Waals surface area contributed by atoms with Gasteiger partial charge in [-0.05, 0) is 37.8 Å². The van der Waals surface area contributed by atoms with Crippen molar-refractivity contribution in [3.8, 4) is 5.75 Å². The summed E-state index contributed by atoms with van der Waals surface area (Å²) in [5.41, 5.74) is 0.835. The summed E-state index contributed by atoms with van der Waals surface area (Å²) in [4.78, 5) is 29.1. The minimum Gasteiger partial charge on any atom is -0.486 e. The van der Waals surface area contributed by atoms with Crippen LogP contribution in [0.5, 0.6) is 5.75 Å². The second-order valence-corrected chi connectivity index (χ2v) is 6.84. The summed E-state index contributed by atoms with van der Waals surface area (Å²) >= 11 is 0. The lowest BCUT2D eigenvalue weighted by Crippen LogP contribution is -2.51. The highest BCUT2D eigenvalue weighted by Crippen LogP contribution is 2.39. The standard InChI is InChI=1S/C18H23N3O3/c1-2-19-18(23)21-11-13-9-15(21)17(22)20(10-12-7-8-12)14-5-3-4-6-16(14)24-13/h3-6,12-13,15H,2,7-11H2,1H3,(H,19,23). The van der Waals surface area contributed by atoms with E-state index in [-0.39, 0.29) is 18.0 Å². The zero-order valence-electron chi connectivity index (χ0n) is 13.9. The van der Waals surface area contributed by atoms with E-state index in [1.54, 1.807) is 4.90 Å². The molecular weight excluding hydrogens is 306 g/mol. The molecular formula is C18H23N3O3. The van der Waals surface area contributed by atoms with Crippen LogP contribution in [0.4, 0.5) is 10.5 Å². The number of fused-ring (bicyclic) bond motifs is 3. The quantitative estimate of drug-likeness (QED) is 0.922. The summed E-state index contributed by atoms with van der Waals surface area (Å²) in [6, 6.07) is 7.09. The maximum atomic E-state index is 13.2. The van der Waals surface area contributed by atoms with Gasteiger partial charge in [0.1, 0.15) is 17.9 Å². The Balaban J connectivity index is 1.68. The first-order valence-corrected chi connectivity index (χ1v) is 8.79. The van der Waals surface area contributed by atoms with Gasteiger partial charge in [-0.15, -0.1) is 0 Å². The average molecular weight is 329 g/mol. The number of carbonyl (C=O) groups is 2. The molecule has 0 aromatic heterocycles. The molecule has 2 aliphatic heterocycles. The Morgan fingerprint density at radius 2 is 2.12 bits per heavy atom. The molecule has 24 heavy (non-hydrogen) atoms. The van der Waals surface area contributed by atoms with Crippen LogP contribution in [0.3, 0.4) is 0 Å².